The van der Waals surface area contributed by atoms with Gasteiger partial charge in [-0.1, -0.05) is 109 Å². The quantitative estimate of drug-likeness (QED) is 0.407. The van der Waals surface area contributed by atoms with Crippen LogP contribution in [-0.4, -0.2) is 7.85 Å². The van der Waals surface area contributed by atoms with E-state index in [1.807, 2.05) is 6.07 Å². The molecule has 1 aliphatic carbocycles. The summed E-state index contributed by atoms with van der Waals surface area (Å²) in [6.07, 6.45) is 0. The molecule has 0 heterocycles. The Balaban J connectivity index is 2.00. The lowest BCUT2D eigenvalue weighted by atomic mass is 9.67. The van der Waals surface area contributed by atoms with Crippen molar-refractivity contribution in [3.63, 3.8) is 0 Å². The molecule has 0 amide bonds. The van der Waals surface area contributed by atoms with Gasteiger partial charge >= 0.3 is 0 Å². The standard InChI is InChI=1S/C25H17B/c26-23-17-9-16-22-24(23)20-14-7-8-15-21(20)25(22,18-10-3-1-4-11-18)19-12-5-2-6-13-19/h1-17H. The zero-order valence-electron chi connectivity index (χ0n) is 14.4. The van der Waals surface area contributed by atoms with Crippen LogP contribution in [0.2, 0.25) is 0 Å². The highest BCUT2D eigenvalue weighted by molar-refractivity contribution is 6.36. The first-order valence-corrected chi connectivity index (χ1v) is 8.93. The Labute approximate surface area is 155 Å². The maximum absolute atomic E-state index is 6.46. The fraction of sp³-hybridized carbons (Fsp3) is 0.0400. The smallest absolute Gasteiger partial charge is 0.0886 e. The van der Waals surface area contributed by atoms with Gasteiger partial charge in [0, 0.05) is 0 Å². The summed E-state index contributed by atoms with van der Waals surface area (Å²) in [6, 6.07) is 36.5. The summed E-state index contributed by atoms with van der Waals surface area (Å²) in [5, 5.41) is 0. The first-order chi connectivity index (χ1) is 12.8. The van der Waals surface area contributed by atoms with E-state index in [1.54, 1.807) is 0 Å². The molecule has 26 heavy (non-hydrogen) atoms. The molecule has 0 aromatic heterocycles. The Hall–Kier alpha value is -3.06. The molecule has 0 N–H and O–H groups in total. The minimum absolute atomic E-state index is 0.343. The van der Waals surface area contributed by atoms with Gasteiger partial charge in [0.2, 0.25) is 0 Å². The van der Waals surface area contributed by atoms with Crippen molar-refractivity contribution >= 4 is 13.3 Å². The number of hydrogen-bond donors (Lipinski definition) is 0. The fourth-order valence-corrected chi connectivity index (χ4v) is 4.52. The number of fused-ring (bicyclic) bond motifs is 3. The molecular weight excluding hydrogens is 311 g/mol. The first-order valence-electron chi connectivity index (χ1n) is 8.93. The minimum atomic E-state index is -0.343. The van der Waals surface area contributed by atoms with Crippen LogP contribution in [0.5, 0.6) is 0 Å². The Morgan fingerprint density at radius 1 is 0.500 bits per heavy atom. The normalized spacial score (nSPS) is 13.8. The number of rotatable bonds is 2. The molecule has 0 bridgehead atoms. The van der Waals surface area contributed by atoms with Crippen molar-refractivity contribution in [2.45, 2.75) is 5.41 Å². The van der Waals surface area contributed by atoms with Gasteiger partial charge in [-0.3, -0.25) is 0 Å². The molecule has 4 aromatic rings. The third kappa shape index (κ3) is 1.92. The van der Waals surface area contributed by atoms with Crippen molar-refractivity contribution in [3.05, 3.63) is 125 Å². The number of benzene rings is 4. The summed E-state index contributed by atoms with van der Waals surface area (Å²) < 4.78 is 0. The van der Waals surface area contributed by atoms with Crippen LogP contribution in [0.4, 0.5) is 0 Å². The van der Waals surface area contributed by atoms with Crippen LogP contribution in [0.25, 0.3) is 11.1 Å². The maximum Gasteiger partial charge on any atom is 0.114 e. The van der Waals surface area contributed by atoms with Crippen molar-refractivity contribution in [2.75, 3.05) is 0 Å². The third-order valence-electron chi connectivity index (χ3n) is 5.51. The third-order valence-corrected chi connectivity index (χ3v) is 5.51. The minimum Gasteiger partial charge on any atom is -0.0886 e. The van der Waals surface area contributed by atoms with E-state index in [9.17, 15) is 0 Å². The van der Waals surface area contributed by atoms with Gasteiger partial charge in [-0.15, -0.1) is 0 Å². The van der Waals surface area contributed by atoms with E-state index in [-0.39, 0.29) is 5.41 Å². The van der Waals surface area contributed by atoms with Gasteiger partial charge in [-0.25, -0.2) is 0 Å². The van der Waals surface area contributed by atoms with Gasteiger partial charge in [-0.05, 0) is 33.4 Å². The molecule has 0 spiro atoms. The van der Waals surface area contributed by atoms with Crippen molar-refractivity contribution < 1.29 is 0 Å². The van der Waals surface area contributed by atoms with E-state index in [2.05, 4.69) is 97.1 Å². The lowest BCUT2D eigenvalue weighted by molar-refractivity contribution is 0.769. The maximum atomic E-state index is 6.46. The van der Waals surface area contributed by atoms with Crippen molar-refractivity contribution in [2.24, 2.45) is 0 Å². The molecule has 0 aliphatic heterocycles. The molecule has 0 unspecified atom stereocenters. The summed E-state index contributed by atoms with van der Waals surface area (Å²) in [7, 11) is 6.46. The van der Waals surface area contributed by atoms with E-state index in [1.165, 1.54) is 27.8 Å². The molecule has 1 heteroatoms. The van der Waals surface area contributed by atoms with Crippen LogP contribution in [0.15, 0.2) is 103 Å². The monoisotopic (exact) mass is 328 g/mol. The Kier molecular flexibility index (Phi) is 3.36. The van der Waals surface area contributed by atoms with Gasteiger partial charge in [0.05, 0.1) is 5.41 Å². The second-order valence-electron chi connectivity index (χ2n) is 6.80. The molecule has 0 atom stereocenters. The zero-order chi connectivity index (χ0) is 17.6. The SMILES string of the molecule is [B]c1cccc2c1-c1ccccc1C2(c1ccccc1)c1ccccc1. The van der Waals surface area contributed by atoms with E-state index >= 15 is 0 Å². The average molecular weight is 328 g/mol. The fourth-order valence-electron chi connectivity index (χ4n) is 4.52. The van der Waals surface area contributed by atoms with Crippen LogP contribution >= 0.6 is 0 Å². The van der Waals surface area contributed by atoms with Crippen LogP contribution in [-0.2, 0) is 5.41 Å². The molecule has 1 aliphatic rings. The van der Waals surface area contributed by atoms with Gasteiger partial charge in [0.15, 0.2) is 0 Å². The lowest BCUT2D eigenvalue weighted by Gasteiger charge is -2.33. The summed E-state index contributed by atoms with van der Waals surface area (Å²) in [6.45, 7) is 0. The highest BCUT2D eigenvalue weighted by Gasteiger charge is 2.45. The van der Waals surface area contributed by atoms with Crippen LogP contribution in [0.1, 0.15) is 22.3 Å². The second kappa shape index (κ2) is 5.74. The predicted octanol–water partition coefficient (Wildman–Crippen LogP) is 4.84. The first kappa shape index (κ1) is 15.2. The average Bonchev–Trinajstić information content (AvgIpc) is 3.02. The molecule has 2 radical (unpaired) electrons. The molecule has 4 aromatic carbocycles. The Bertz CT molecular complexity index is 1040. The van der Waals surface area contributed by atoms with Crippen molar-refractivity contribution in [1.29, 1.82) is 0 Å². The van der Waals surface area contributed by atoms with E-state index in [0.29, 0.717) is 0 Å². The highest BCUT2D eigenvalue weighted by atomic mass is 14.5. The Morgan fingerprint density at radius 3 is 1.69 bits per heavy atom. The van der Waals surface area contributed by atoms with E-state index in [4.69, 9.17) is 7.85 Å². The molecular formula is C25H17B. The zero-order valence-corrected chi connectivity index (χ0v) is 14.4. The molecule has 0 nitrogen and oxygen atoms in total. The van der Waals surface area contributed by atoms with Gasteiger partial charge < -0.3 is 0 Å². The Morgan fingerprint density at radius 2 is 1.04 bits per heavy atom. The summed E-state index contributed by atoms with van der Waals surface area (Å²) in [5.41, 5.74) is 7.98. The summed E-state index contributed by atoms with van der Waals surface area (Å²) in [4.78, 5) is 0. The summed E-state index contributed by atoms with van der Waals surface area (Å²) in [5.74, 6) is 0. The molecule has 0 saturated carbocycles. The van der Waals surface area contributed by atoms with Crippen LogP contribution < -0.4 is 5.46 Å². The molecule has 120 valence electrons. The molecule has 0 fully saturated rings. The largest absolute Gasteiger partial charge is 0.114 e. The van der Waals surface area contributed by atoms with Gasteiger partial charge in [-0.2, -0.15) is 0 Å². The van der Waals surface area contributed by atoms with E-state index < -0.39 is 0 Å². The van der Waals surface area contributed by atoms with Crippen LogP contribution in [0.3, 0.4) is 0 Å². The number of hydrogen-bond acceptors (Lipinski definition) is 0. The van der Waals surface area contributed by atoms with Crippen LogP contribution in [0, 0.1) is 0 Å². The summed E-state index contributed by atoms with van der Waals surface area (Å²) >= 11 is 0. The molecule has 5 rings (SSSR count). The van der Waals surface area contributed by atoms with Crippen molar-refractivity contribution in [1.82, 2.24) is 0 Å². The van der Waals surface area contributed by atoms with Gasteiger partial charge in [0.25, 0.3) is 0 Å². The van der Waals surface area contributed by atoms with Gasteiger partial charge in [0.1, 0.15) is 7.85 Å². The molecule has 0 saturated heterocycles. The van der Waals surface area contributed by atoms with E-state index in [0.717, 1.165) is 11.0 Å². The topological polar surface area (TPSA) is 0 Å². The second-order valence-corrected chi connectivity index (χ2v) is 6.80. The predicted molar refractivity (Wildman–Crippen MR) is 109 cm³/mol. The lowest BCUT2D eigenvalue weighted by Crippen LogP contribution is -2.29. The van der Waals surface area contributed by atoms with Crippen molar-refractivity contribution in [3.8, 4) is 11.1 Å². The highest BCUT2D eigenvalue weighted by Crippen LogP contribution is 2.55.